The normalized spacial score (nSPS) is 21.2. The van der Waals surface area contributed by atoms with Gasteiger partial charge >= 0.3 is 5.97 Å². The van der Waals surface area contributed by atoms with Crippen molar-refractivity contribution in [3.8, 4) is 0 Å². The first-order valence-corrected chi connectivity index (χ1v) is 21.8. The molecule has 0 aromatic rings. The lowest BCUT2D eigenvalue weighted by Crippen LogP contribution is -2.59. The van der Waals surface area contributed by atoms with Crippen LogP contribution >= 0.6 is 0 Å². The molecule has 1 saturated heterocycles. The zero-order valence-electron chi connectivity index (χ0n) is 33.6. The average Bonchev–Trinajstić information content (AvgIpc) is 3.14. The van der Waals surface area contributed by atoms with Crippen molar-refractivity contribution in [3.63, 3.8) is 0 Å². The number of carbonyl (C=O) groups is 1. The fraction of sp³-hybridized carbons (Fsp3) is 0.930. The van der Waals surface area contributed by atoms with Crippen LogP contribution in [0.1, 0.15) is 194 Å². The lowest BCUT2D eigenvalue weighted by molar-refractivity contribution is -0.305. The number of ether oxygens (including phenoxy) is 4. The molecule has 0 saturated carbocycles. The quantitative estimate of drug-likeness (QED) is 0.0279. The minimum Gasteiger partial charge on any atom is -0.457 e. The van der Waals surface area contributed by atoms with Gasteiger partial charge < -0.3 is 39.4 Å². The van der Waals surface area contributed by atoms with Gasteiger partial charge in [0.1, 0.15) is 30.5 Å². The molecule has 0 bridgehead atoms. The van der Waals surface area contributed by atoms with Crippen molar-refractivity contribution < 1.29 is 44.2 Å². The van der Waals surface area contributed by atoms with Gasteiger partial charge in [-0.3, -0.25) is 4.79 Å². The summed E-state index contributed by atoms with van der Waals surface area (Å²) in [7, 11) is 0. The van der Waals surface area contributed by atoms with Crippen LogP contribution in [0.2, 0.25) is 0 Å². The van der Waals surface area contributed by atoms with E-state index in [-0.39, 0.29) is 19.2 Å². The Kier molecular flexibility index (Phi) is 33.5. The molecule has 4 N–H and O–H groups in total. The Balaban J connectivity index is 2.28. The van der Waals surface area contributed by atoms with Gasteiger partial charge in [0, 0.05) is 13.0 Å². The summed E-state index contributed by atoms with van der Waals surface area (Å²) in [5, 5.41) is 40.0. The largest absolute Gasteiger partial charge is 0.457 e. The molecule has 1 rings (SSSR count). The van der Waals surface area contributed by atoms with Crippen molar-refractivity contribution in [1.82, 2.24) is 0 Å². The van der Waals surface area contributed by atoms with Gasteiger partial charge in [0.2, 0.25) is 0 Å². The van der Waals surface area contributed by atoms with Gasteiger partial charge in [0.05, 0.1) is 19.8 Å². The molecule has 6 atom stereocenters. The maximum atomic E-state index is 12.7. The van der Waals surface area contributed by atoms with E-state index >= 15 is 0 Å². The third-order valence-corrected chi connectivity index (χ3v) is 10.2. The number of rotatable bonds is 37. The van der Waals surface area contributed by atoms with Crippen LogP contribution in [0.25, 0.3) is 0 Å². The molecule has 9 heteroatoms. The van der Waals surface area contributed by atoms with Crippen LogP contribution in [0, 0.1) is 0 Å². The topological polar surface area (TPSA) is 135 Å². The van der Waals surface area contributed by atoms with Crippen LogP contribution in [-0.2, 0) is 23.7 Å². The predicted octanol–water partition coefficient (Wildman–Crippen LogP) is 9.25. The summed E-state index contributed by atoms with van der Waals surface area (Å²) < 4.78 is 22.8. The van der Waals surface area contributed by atoms with Gasteiger partial charge in [-0.1, -0.05) is 161 Å². The van der Waals surface area contributed by atoms with E-state index in [1.54, 1.807) is 0 Å². The molecule has 308 valence electrons. The van der Waals surface area contributed by atoms with Gasteiger partial charge in [-0.25, -0.2) is 0 Å². The Labute approximate surface area is 318 Å². The fourth-order valence-electron chi connectivity index (χ4n) is 6.72. The number of unbranched alkanes of at least 4 members (excludes halogenated alkanes) is 24. The first kappa shape index (κ1) is 48.9. The lowest BCUT2D eigenvalue weighted by Gasteiger charge is -2.39. The van der Waals surface area contributed by atoms with Gasteiger partial charge in [-0.15, -0.1) is 0 Å². The number of esters is 1. The molecule has 0 amide bonds. The van der Waals surface area contributed by atoms with Crippen LogP contribution in [0.3, 0.4) is 0 Å². The van der Waals surface area contributed by atoms with Crippen molar-refractivity contribution in [2.24, 2.45) is 0 Å². The Hall–Kier alpha value is -1.07. The minimum absolute atomic E-state index is 0.112. The summed E-state index contributed by atoms with van der Waals surface area (Å²) in [6, 6.07) is 0. The van der Waals surface area contributed by atoms with E-state index in [1.165, 1.54) is 128 Å². The highest BCUT2D eigenvalue weighted by atomic mass is 16.7. The second-order valence-corrected chi connectivity index (χ2v) is 15.1. The third-order valence-electron chi connectivity index (χ3n) is 10.2. The van der Waals surface area contributed by atoms with E-state index in [0.717, 1.165) is 44.9 Å². The molecule has 0 aromatic heterocycles. The summed E-state index contributed by atoms with van der Waals surface area (Å²) in [5.41, 5.74) is 0. The van der Waals surface area contributed by atoms with Gasteiger partial charge in [-0.2, -0.15) is 0 Å². The fourth-order valence-corrected chi connectivity index (χ4v) is 6.72. The maximum absolute atomic E-state index is 12.7. The molecule has 0 aromatic carbocycles. The van der Waals surface area contributed by atoms with Crippen LogP contribution in [0.5, 0.6) is 0 Å². The first-order chi connectivity index (χ1) is 25.4. The van der Waals surface area contributed by atoms with E-state index in [9.17, 15) is 25.2 Å². The zero-order chi connectivity index (χ0) is 37.9. The first-order valence-electron chi connectivity index (χ1n) is 21.8. The molecule has 1 heterocycles. The highest BCUT2D eigenvalue weighted by Crippen LogP contribution is 2.22. The van der Waals surface area contributed by atoms with Crippen molar-refractivity contribution in [2.45, 2.75) is 230 Å². The summed E-state index contributed by atoms with van der Waals surface area (Å²) in [6.07, 6.45) is 30.9. The number of hydrogen-bond donors (Lipinski definition) is 4. The molecule has 0 aliphatic carbocycles. The predicted molar refractivity (Wildman–Crippen MR) is 210 cm³/mol. The molecular formula is C43H82O9. The van der Waals surface area contributed by atoms with Crippen LogP contribution in [0.15, 0.2) is 12.2 Å². The number of hydrogen-bond acceptors (Lipinski definition) is 9. The van der Waals surface area contributed by atoms with Gasteiger partial charge in [-0.05, 0) is 38.5 Å². The van der Waals surface area contributed by atoms with E-state index < -0.39 is 43.4 Å². The van der Waals surface area contributed by atoms with E-state index in [4.69, 9.17) is 18.9 Å². The van der Waals surface area contributed by atoms with Crippen LogP contribution in [-0.4, -0.2) is 89.6 Å². The van der Waals surface area contributed by atoms with Crippen molar-refractivity contribution in [1.29, 1.82) is 0 Å². The monoisotopic (exact) mass is 743 g/mol. The van der Waals surface area contributed by atoms with Crippen LogP contribution < -0.4 is 0 Å². The van der Waals surface area contributed by atoms with E-state index in [1.807, 2.05) is 0 Å². The van der Waals surface area contributed by atoms with Gasteiger partial charge in [0.25, 0.3) is 0 Å². The minimum atomic E-state index is -1.53. The molecule has 0 spiro atoms. The zero-order valence-corrected chi connectivity index (χ0v) is 33.6. The summed E-state index contributed by atoms with van der Waals surface area (Å²) in [4.78, 5) is 12.7. The standard InChI is InChI=1S/C43H82O9/c1-3-5-7-9-11-13-15-17-19-20-22-24-26-28-30-32-39(45)51-37(36-50-43-42(48)41(47)40(46)38(34-44)52-43)35-49-33-31-29-27-25-23-21-18-16-14-12-10-8-6-4-2/h17,19,37-38,40-44,46-48H,3-16,18,20-36H2,1-2H3/b19-17-. The number of allylic oxidation sites excluding steroid dienone is 2. The SMILES string of the molecule is CCCCCCCC/C=C\CCCCCCCC(=O)OC(COCCCCCCCCCCCCCCCC)COC1OC(CO)C(O)C(O)C1O. The second kappa shape index (κ2) is 35.6. The van der Waals surface area contributed by atoms with Crippen molar-refractivity contribution >= 4 is 5.97 Å². The Morgan fingerprint density at radius 1 is 0.596 bits per heavy atom. The molecule has 52 heavy (non-hydrogen) atoms. The summed E-state index contributed by atoms with van der Waals surface area (Å²) in [5.74, 6) is -0.319. The average molecular weight is 743 g/mol. The number of aliphatic hydroxyl groups is 4. The van der Waals surface area contributed by atoms with Gasteiger partial charge in [0.15, 0.2) is 6.29 Å². The summed E-state index contributed by atoms with van der Waals surface area (Å²) >= 11 is 0. The van der Waals surface area contributed by atoms with Crippen LogP contribution in [0.4, 0.5) is 0 Å². The lowest BCUT2D eigenvalue weighted by atomic mass is 9.99. The molecule has 0 radical (unpaired) electrons. The Morgan fingerprint density at radius 2 is 1.06 bits per heavy atom. The molecule has 6 unspecified atom stereocenters. The molecule has 1 aliphatic rings. The number of carbonyl (C=O) groups excluding carboxylic acids is 1. The number of aliphatic hydroxyl groups excluding tert-OH is 4. The van der Waals surface area contributed by atoms with Crippen molar-refractivity contribution in [3.05, 3.63) is 12.2 Å². The maximum Gasteiger partial charge on any atom is 0.306 e. The Bertz CT molecular complexity index is 807. The molecule has 1 aliphatic heterocycles. The Morgan fingerprint density at radius 3 is 1.56 bits per heavy atom. The summed E-state index contributed by atoms with van der Waals surface area (Å²) in [6.45, 7) is 4.57. The third kappa shape index (κ3) is 26.7. The van der Waals surface area contributed by atoms with Crippen molar-refractivity contribution in [2.75, 3.05) is 26.4 Å². The molecule has 9 nitrogen and oxygen atoms in total. The highest BCUT2D eigenvalue weighted by molar-refractivity contribution is 5.69. The smallest absolute Gasteiger partial charge is 0.306 e. The molecular weight excluding hydrogens is 660 g/mol. The molecule has 1 fully saturated rings. The second-order valence-electron chi connectivity index (χ2n) is 15.1. The highest BCUT2D eigenvalue weighted by Gasteiger charge is 2.44. The van der Waals surface area contributed by atoms with E-state index in [0.29, 0.717) is 13.0 Å². The van der Waals surface area contributed by atoms with E-state index in [2.05, 4.69) is 26.0 Å².